The van der Waals surface area contributed by atoms with E-state index >= 15 is 0 Å². The van der Waals surface area contributed by atoms with E-state index in [0.29, 0.717) is 11.9 Å². The van der Waals surface area contributed by atoms with E-state index in [-0.39, 0.29) is 6.04 Å². The van der Waals surface area contributed by atoms with Crippen LogP contribution in [0.4, 0.5) is 0 Å². The molecule has 0 bridgehead atoms. The monoisotopic (exact) mass is 252 g/mol. The van der Waals surface area contributed by atoms with E-state index in [9.17, 15) is 4.79 Å². The third-order valence-electron chi connectivity index (χ3n) is 4.67. The van der Waals surface area contributed by atoms with Gasteiger partial charge in [0, 0.05) is 12.6 Å². The minimum absolute atomic E-state index is 0.101. The van der Waals surface area contributed by atoms with Crippen LogP contribution in [0.3, 0.4) is 0 Å². The normalized spacial score (nSPS) is 33.1. The van der Waals surface area contributed by atoms with Gasteiger partial charge >= 0.3 is 0 Å². The number of hydrogen-bond acceptors (Lipinski definition) is 2. The second kappa shape index (κ2) is 6.55. The summed E-state index contributed by atoms with van der Waals surface area (Å²) in [5.41, 5.74) is 0. The zero-order chi connectivity index (χ0) is 13.0. The molecule has 18 heavy (non-hydrogen) atoms. The molecule has 104 valence electrons. The lowest BCUT2D eigenvalue weighted by molar-refractivity contribution is -0.133. The molecule has 0 aromatic heterocycles. The maximum absolute atomic E-state index is 12.4. The van der Waals surface area contributed by atoms with Crippen molar-refractivity contribution in [3.05, 3.63) is 0 Å². The summed E-state index contributed by atoms with van der Waals surface area (Å²) in [5, 5.41) is 3.39. The molecule has 1 heterocycles. The van der Waals surface area contributed by atoms with Crippen molar-refractivity contribution in [1.29, 1.82) is 0 Å². The molecule has 3 unspecified atom stereocenters. The van der Waals surface area contributed by atoms with Gasteiger partial charge in [0.05, 0.1) is 6.04 Å². The van der Waals surface area contributed by atoms with Gasteiger partial charge in [0.15, 0.2) is 0 Å². The Kier molecular flexibility index (Phi) is 5.04. The zero-order valence-corrected chi connectivity index (χ0v) is 12.0. The Morgan fingerprint density at radius 3 is 2.72 bits per heavy atom. The number of amides is 1. The van der Waals surface area contributed by atoms with Crippen molar-refractivity contribution in [3.8, 4) is 0 Å². The average molecular weight is 252 g/mol. The van der Waals surface area contributed by atoms with E-state index in [0.717, 1.165) is 31.8 Å². The third-order valence-corrected chi connectivity index (χ3v) is 4.67. The average Bonchev–Trinajstić information content (AvgIpc) is 2.77. The van der Waals surface area contributed by atoms with Crippen LogP contribution < -0.4 is 5.32 Å². The number of likely N-dealkylation sites (tertiary alicyclic amines) is 1. The van der Waals surface area contributed by atoms with Crippen LogP contribution in [-0.4, -0.2) is 36.0 Å². The first-order valence-electron chi connectivity index (χ1n) is 7.81. The van der Waals surface area contributed by atoms with Crippen molar-refractivity contribution < 1.29 is 4.79 Å². The molecule has 0 radical (unpaired) electrons. The minimum atomic E-state index is 0.101. The highest BCUT2D eigenvalue weighted by atomic mass is 16.2. The zero-order valence-electron chi connectivity index (χ0n) is 12.0. The molecule has 0 aromatic carbocycles. The van der Waals surface area contributed by atoms with Gasteiger partial charge in [-0.1, -0.05) is 33.1 Å². The second-order valence-corrected chi connectivity index (χ2v) is 5.85. The quantitative estimate of drug-likeness (QED) is 0.815. The van der Waals surface area contributed by atoms with E-state index in [1.165, 1.54) is 32.1 Å². The molecule has 1 saturated carbocycles. The van der Waals surface area contributed by atoms with Gasteiger partial charge in [0.25, 0.3) is 0 Å². The number of nitrogens with zero attached hydrogens (tertiary/aromatic N) is 1. The van der Waals surface area contributed by atoms with Crippen LogP contribution in [0.1, 0.15) is 58.8 Å². The molecule has 0 aromatic rings. The molecule has 1 amide bonds. The van der Waals surface area contributed by atoms with E-state index in [1.54, 1.807) is 0 Å². The first kappa shape index (κ1) is 13.9. The summed E-state index contributed by atoms with van der Waals surface area (Å²) in [5.74, 6) is 1.11. The summed E-state index contributed by atoms with van der Waals surface area (Å²) in [6, 6.07) is 0.633. The Bertz CT molecular complexity index is 280. The van der Waals surface area contributed by atoms with Gasteiger partial charge in [-0.15, -0.1) is 0 Å². The maximum Gasteiger partial charge on any atom is 0.240 e. The van der Waals surface area contributed by atoms with Crippen molar-refractivity contribution in [2.24, 2.45) is 5.92 Å². The Balaban J connectivity index is 1.94. The Hall–Kier alpha value is -0.570. The SMILES string of the molecule is CCCNC1CCN(C2CCCCC2CC)C1=O. The van der Waals surface area contributed by atoms with E-state index < -0.39 is 0 Å². The van der Waals surface area contributed by atoms with Gasteiger partial charge in [-0.2, -0.15) is 0 Å². The molecule has 0 spiro atoms. The fourth-order valence-electron chi connectivity index (χ4n) is 3.61. The smallest absolute Gasteiger partial charge is 0.240 e. The summed E-state index contributed by atoms with van der Waals surface area (Å²) in [4.78, 5) is 14.6. The Labute approximate surface area is 111 Å². The standard InChI is InChI=1S/C15H28N2O/c1-3-10-16-13-9-11-17(15(13)18)14-8-6-5-7-12(14)4-2/h12-14,16H,3-11H2,1-2H3. The van der Waals surface area contributed by atoms with E-state index in [1.807, 2.05) is 0 Å². The molecule has 3 atom stereocenters. The molecule has 2 aliphatic rings. The van der Waals surface area contributed by atoms with Crippen LogP contribution in [0.25, 0.3) is 0 Å². The molecule has 1 aliphatic carbocycles. The Morgan fingerprint density at radius 1 is 1.22 bits per heavy atom. The summed E-state index contributed by atoms with van der Waals surface area (Å²) < 4.78 is 0. The van der Waals surface area contributed by atoms with Crippen molar-refractivity contribution in [1.82, 2.24) is 10.2 Å². The number of carbonyl (C=O) groups is 1. The van der Waals surface area contributed by atoms with Gasteiger partial charge in [-0.25, -0.2) is 0 Å². The minimum Gasteiger partial charge on any atom is -0.338 e. The summed E-state index contributed by atoms with van der Waals surface area (Å²) in [7, 11) is 0. The predicted octanol–water partition coefficient (Wildman–Crippen LogP) is 2.56. The number of rotatable bonds is 5. The number of hydrogen-bond donors (Lipinski definition) is 1. The highest BCUT2D eigenvalue weighted by Gasteiger charge is 2.38. The Morgan fingerprint density at radius 2 is 2.00 bits per heavy atom. The molecule has 1 saturated heterocycles. The summed E-state index contributed by atoms with van der Waals surface area (Å²) in [6.45, 7) is 6.36. The van der Waals surface area contributed by atoms with Crippen molar-refractivity contribution in [3.63, 3.8) is 0 Å². The van der Waals surface area contributed by atoms with Crippen molar-refractivity contribution >= 4 is 5.91 Å². The fourth-order valence-corrected chi connectivity index (χ4v) is 3.61. The highest BCUT2D eigenvalue weighted by molar-refractivity contribution is 5.84. The fraction of sp³-hybridized carbons (Fsp3) is 0.933. The molecule has 3 nitrogen and oxygen atoms in total. The van der Waals surface area contributed by atoms with Gasteiger partial charge < -0.3 is 10.2 Å². The topological polar surface area (TPSA) is 32.3 Å². The molecule has 1 N–H and O–H groups in total. The lowest BCUT2D eigenvalue weighted by Gasteiger charge is -2.37. The van der Waals surface area contributed by atoms with Crippen LogP contribution in [0, 0.1) is 5.92 Å². The molecule has 3 heteroatoms. The van der Waals surface area contributed by atoms with Crippen LogP contribution >= 0.6 is 0 Å². The first-order chi connectivity index (χ1) is 8.77. The second-order valence-electron chi connectivity index (χ2n) is 5.85. The molecule has 2 rings (SSSR count). The summed E-state index contributed by atoms with van der Waals surface area (Å²) >= 11 is 0. The third kappa shape index (κ3) is 2.87. The number of nitrogens with one attached hydrogen (secondary N) is 1. The number of carbonyl (C=O) groups excluding carboxylic acids is 1. The highest BCUT2D eigenvalue weighted by Crippen LogP contribution is 2.32. The van der Waals surface area contributed by atoms with Crippen molar-refractivity contribution in [2.45, 2.75) is 70.9 Å². The van der Waals surface area contributed by atoms with Gasteiger partial charge in [0.2, 0.25) is 5.91 Å². The summed E-state index contributed by atoms with van der Waals surface area (Å²) in [6.07, 6.45) is 8.54. The largest absolute Gasteiger partial charge is 0.338 e. The predicted molar refractivity (Wildman–Crippen MR) is 74.4 cm³/mol. The molecule has 2 fully saturated rings. The van der Waals surface area contributed by atoms with Gasteiger partial charge in [-0.05, 0) is 38.1 Å². The first-order valence-corrected chi connectivity index (χ1v) is 7.81. The van der Waals surface area contributed by atoms with Crippen LogP contribution in [0.2, 0.25) is 0 Å². The van der Waals surface area contributed by atoms with Gasteiger partial charge in [-0.3, -0.25) is 4.79 Å². The van der Waals surface area contributed by atoms with E-state index in [2.05, 4.69) is 24.1 Å². The van der Waals surface area contributed by atoms with E-state index in [4.69, 9.17) is 0 Å². The van der Waals surface area contributed by atoms with Gasteiger partial charge in [0.1, 0.15) is 0 Å². The lowest BCUT2D eigenvalue weighted by Crippen LogP contribution is -2.46. The molecular formula is C15H28N2O. The van der Waals surface area contributed by atoms with Crippen LogP contribution in [-0.2, 0) is 4.79 Å². The molecular weight excluding hydrogens is 224 g/mol. The molecule has 1 aliphatic heterocycles. The maximum atomic E-state index is 12.4. The lowest BCUT2D eigenvalue weighted by atomic mass is 9.82. The van der Waals surface area contributed by atoms with Crippen LogP contribution in [0.15, 0.2) is 0 Å². The van der Waals surface area contributed by atoms with Crippen LogP contribution in [0.5, 0.6) is 0 Å². The van der Waals surface area contributed by atoms with Crippen molar-refractivity contribution in [2.75, 3.05) is 13.1 Å².